The fraction of sp³-hybridized carbons (Fsp3) is 0.103. The molecule has 4 aromatic carbocycles. The van der Waals surface area contributed by atoms with Crippen LogP contribution in [0.1, 0.15) is 19.8 Å². The molecule has 0 fully saturated rings. The molecule has 2 heterocycles. The molecule has 0 spiro atoms. The molecule has 2 aliphatic heterocycles. The predicted molar refractivity (Wildman–Crippen MR) is 165 cm³/mol. The second-order valence-corrected chi connectivity index (χ2v) is 14.9. The van der Waals surface area contributed by atoms with Crippen LogP contribution in [0.25, 0.3) is 0 Å². The maximum absolute atomic E-state index is 9.75. The molecule has 6 rings (SSSR count). The summed E-state index contributed by atoms with van der Waals surface area (Å²) in [6.45, 7) is 2.31. The Morgan fingerprint density at radius 1 is 0.558 bits per heavy atom. The minimum atomic E-state index is -6.00. The van der Waals surface area contributed by atoms with Crippen LogP contribution in [0, 0.1) is 0 Å². The van der Waals surface area contributed by atoms with Gasteiger partial charge in [0.25, 0.3) is 0 Å². The van der Waals surface area contributed by atoms with Crippen molar-refractivity contribution in [1.82, 2.24) is 0 Å². The zero-order chi connectivity index (χ0) is 31.2. The lowest BCUT2D eigenvalue weighted by molar-refractivity contribution is 0.366. The van der Waals surface area contributed by atoms with Gasteiger partial charge in [-0.1, -0.05) is 79.0 Å². The Hall–Kier alpha value is -2.41. The van der Waals surface area contributed by atoms with E-state index in [0.29, 0.717) is 0 Å². The Labute approximate surface area is 259 Å². The summed E-state index contributed by atoms with van der Waals surface area (Å²) in [4.78, 5) is 13.1. The summed E-state index contributed by atoms with van der Waals surface area (Å²) in [6.07, 6.45) is 2.28. The second kappa shape index (κ2) is 14.6. The van der Waals surface area contributed by atoms with E-state index in [1.165, 1.54) is 39.2 Å². The Morgan fingerprint density at radius 3 is 1.21 bits per heavy atom. The van der Waals surface area contributed by atoms with E-state index in [4.69, 9.17) is 0 Å². The van der Waals surface area contributed by atoms with Crippen LogP contribution in [0.3, 0.4) is 0 Å². The lowest BCUT2D eigenvalue weighted by Crippen LogP contribution is -2.15. The molecular weight excluding hydrogens is 650 g/mol. The van der Waals surface area contributed by atoms with Gasteiger partial charge in [0.05, 0.1) is 30.5 Å². The molecule has 0 bridgehead atoms. The number of allylic oxidation sites excluding steroid dienone is 1. The van der Waals surface area contributed by atoms with Crippen LogP contribution in [0.15, 0.2) is 147 Å². The highest BCUT2D eigenvalue weighted by Crippen LogP contribution is 2.51. The molecule has 43 heavy (non-hydrogen) atoms. The first kappa shape index (κ1) is 33.5. The highest BCUT2D eigenvalue weighted by Gasteiger charge is 2.43. The highest BCUT2D eigenvalue weighted by molar-refractivity contribution is 8.07. The van der Waals surface area contributed by atoms with Gasteiger partial charge < -0.3 is 34.5 Å². The van der Waals surface area contributed by atoms with Gasteiger partial charge in [0.1, 0.15) is 10.9 Å². The van der Waals surface area contributed by atoms with Crippen LogP contribution < -0.4 is 0 Å². The number of fused-ring (bicyclic) bond motifs is 4. The van der Waals surface area contributed by atoms with Crippen molar-refractivity contribution >= 4 is 59.8 Å². The van der Waals surface area contributed by atoms with E-state index in [1.54, 1.807) is 4.91 Å². The first-order chi connectivity index (χ1) is 20.3. The average Bonchev–Trinajstić information content (AvgIpc) is 2.93. The van der Waals surface area contributed by atoms with Crippen molar-refractivity contribution < 1.29 is 34.5 Å². The van der Waals surface area contributed by atoms with Gasteiger partial charge in [0.15, 0.2) is 29.9 Å². The third kappa shape index (κ3) is 9.54. The molecule has 0 radical (unpaired) electrons. The summed E-state index contributed by atoms with van der Waals surface area (Å²) in [6, 6.07) is 36.1. The Balaban J connectivity index is 0.000000369. The minimum absolute atomic E-state index is 0.0471. The normalized spacial score (nSPS) is 14.6. The van der Waals surface area contributed by atoms with Crippen molar-refractivity contribution in [3.05, 3.63) is 107 Å². The smallest absolute Gasteiger partial charge is 0.418 e. The number of rotatable bonds is 4. The lowest BCUT2D eigenvalue weighted by Gasteiger charge is -2.21. The van der Waals surface area contributed by atoms with Crippen molar-refractivity contribution in [2.75, 3.05) is 0 Å². The van der Waals surface area contributed by atoms with E-state index in [2.05, 4.69) is 109 Å². The van der Waals surface area contributed by atoms with Gasteiger partial charge in [-0.3, -0.25) is 0 Å². The SMILES string of the molecule is CCC/C(=C\[S+]1c2ccccc2Sc2ccccc21)[S+]1c2ccccc2Sc2ccccc21.F[B-](F)(F)F.F[B-](F)(F)F. The lowest BCUT2D eigenvalue weighted by atomic mass is 10.3. The third-order valence-electron chi connectivity index (χ3n) is 5.76. The standard InChI is InChI=1S/C29H24S4.2BF4/c1-2-11-21(33-28-18-9-5-14-24(28)31-25-15-6-10-19-29(25)33)20-32-26-16-7-3-12-22(26)30-23-13-4-8-17-27(23)32;2*2-1(3,4)5/h3-10,12-20H,2,11H2,1H3;;/q+2;2*-1/b21-20+;;. The zero-order valence-electron chi connectivity index (χ0n) is 22.5. The maximum Gasteiger partial charge on any atom is 0.673 e. The monoisotopic (exact) mass is 674 g/mol. The first-order valence-electron chi connectivity index (χ1n) is 13.0. The molecule has 0 nitrogen and oxygen atoms in total. The summed E-state index contributed by atoms with van der Waals surface area (Å²) in [5.74, 6) is 0. The largest absolute Gasteiger partial charge is 0.673 e. The topological polar surface area (TPSA) is 0 Å². The van der Waals surface area contributed by atoms with Gasteiger partial charge >= 0.3 is 14.5 Å². The van der Waals surface area contributed by atoms with Gasteiger partial charge in [-0.05, 0) is 55.0 Å². The van der Waals surface area contributed by atoms with E-state index in [9.17, 15) is 34.5 Å². The quantitative estimate of drug-likeness (QED) is 0.120. The van der Waals surface area contributed by atoms with Gasteiger partial charge in [0.2, 0.25) is 0 Å². The molecule has 0 aromatic heterocycles. The molecule has 0 saturated heterocycles. The van der Waals surface area contributed by atoms with Gasteiger partial charge in [0, 0.05) is 6.42 Å². The number of benzene rings is 4. The molecule has 226 valence electrons. The third-order valence-corrected chi connectivity index (χ3v) is 13.3. The van der Waals surface area contributed by atoms with E-state index >= 15 is 0 Å². The molecule has 0 saturated carbocycles. The molecule has 0 N–H and O–H groups in total. The Kier molecular flexibility index (Phi) is 11.4. The van der Waals surface area contributed by atoms with E-state index in [-0.39, 0.29) is 21.8 Å². The highest BCUT2D eigenvalue weighted by atomic mass is 32.2. The number of hydrogen-bond donors (Lipinski definition) is 0. The molecule has 4 aromatic rings. The van der Waals surface area contributed by atoms with Crippen LogP contribution in [0.4, 0.5) is 34.5 Å². The van der Waals surface area contributed by atoms with Crippen molar-refractivity contribution in [3.8, 4) is 0 Å². The fourth-order valence-corrected chi connectivity index (χ4v) is 12.3. The van der Waals surface area contributed by atoms with Gasteiger partial charge in [-0.2, -0.15) is 0 Å². The average molecular weight is 674 g/mol. The molecule has 0 unspecified atom stereocenters. The number of halogens is 8. The van der Waals surface area contributed by atoms with Gasteiger partial charge in [-0.25, -0.2) is 0 Å². The summed E-state index contributed by atoms with van der Waals surface area (Å²) >= 11 is 3.84. The molecule has 0 aliphatic carbocycles. The summed E-state index contributed by atoms with van der Waals surface area (Å²) in [5, 5.41) is 2.65. The molecule has 14 heteroatoms. The minimum Gasteiger partial charge on any atom is -0.418 e. The van der Waals surface area contributed by atoms with E-state index < -0.39 is 14.5 Å². The van der Waals surface area contributed by atoms with E-state index in [0.717, 1.165) is 12.8 Å². The van der Waals surface area contributed by atoms with Crippen molar-refractivity contribution in [3.63, 3.8) is 0 Å². The van der Waals surface area contributed by atoms with E-state index in [1.807, 2.05) is 23.5 Å². The summed E-state index contributed by atoms with van der Waals surface area (Å²) in [7, 11) is -12.1. The zero-order valence-corrected chi connectivity index (χ0v) is 25.8. The number of hydrogen-bond acceptors (Lipinski definition) is 2. The van der Waals surface area contributed by atoms with Crippen molar-refractivity contribution in [1.29, 1.82) is 0 Å². The maximum atomic E-state index is 9.75. The van der Waals surface area contributed by atoms with Crippen LogP contribution in [-0.4, -0.2) is 14.5 Å². The van der Waals surface area contributed by atoms with Crippen LogP contribution in [0.5, 0.6) is 0 Å². The second-order valence-electron chi connectivity index (χ2n) is 8.96. The predicted octanol–water partition coefficient (Wildman–Crippen LogP) is 11.6. The molecule has 0 atom stereocenters. The van der Waals surface area contributed by atoms with Crippen LogP contribution >= 0.6 is 23.5 Å². The van der Waals surface area contributed by atoms with Crippen LogP contribution in [-0.2, 0) is 21.8 Å². The molecule has 2 aliphatic rings. The summed E-state index contributed by atoms with van der Waals surface area (Å²) < 4.78 is 78.0. The summed E-state index contributed by atoms with van der Waals surface area (Å²) in [5.41, 5.74) is 0. The van der Waals surface area contributed by atoms with Crippen LogP contribution in [0.2, 0.25) is 0 Å². The first-order valence-corrected chi connectivity index (χ1v) is 17.1. The Bertz CT molecular complexity index is 1460. The van der Waals surface area contributed by atoms with Crippen molar-refractivity contribution in [2.45, 2.75) is 58.9 Å². The molecular formula is C29H24B2F8S4. The Morgan fingerprint density at radius 2 is 0.860 bits per heavy atom. The van der Waals surface area contributed by atoms with Gasteiger partial charge in [-0.15, -0.1) is 0 Å². The molecule has 0 amide bonds. The fourth-order valence-electron chi connectivity index (χ4n) is 4.31. The van der Waals surface area contributed by atoms with Crippen molar-refractivity contribution in [2.24, 2.45) is 0 Å².